The van der Waals surface area contributed by atoms with Crippen molar-refractivity contribution in [2.75, 3.05) is 13.1 Å². The van der Waals surface area contributed by atoms with Gasteiger partial charge in [0, 0.05) is 24.7 Å². The molecule has 0 unspecified atom stereocenters. The van der Waals surface area contributed by atoms with Gasteiger partial charge in [0.2, 0.25) is 10.0 Å². The van der Waals surface area contributed by atoms with E-state index < -0.39 is 10.0 Å². The first kappa shape index (κ1) is 23.0. The second-order valence-electron chi connectivity index (χ2n) is 8.26. The highest BCUT2D eigenvalue weighted by Gasteiger charge is 2.30. The van der Waals surface area contributed by atoms with Gasteiger partial charge in [0.15, 0.2) is 0 Å². The third kappa shape index (κ3) is 5.80. The van der Waals surface area contributed by atoms with Gasteiger partial charge in [-0.05, 0) is 61.7 Å². The minimum atomic E-state index is -3.50. The Labute approximate surface area is 195 Å². The molecular weight excluding hydrogens is 436 g/mol. The standard InChI is InChI=1S/C26H28N2O4S/c1-20-7-13-25(14-8-20)33(30,31)28-17-15-23(16-18-28)27-26(29)22-11-9-21(10-12-22)19-32-24-5-3-2-4-6-24/h2-14,23H,15-19H2,1H3,(H,27,29). The Bertz CT molecular complexity index is 1170. The molecule has 0 spiro atoms. The van der Waals surface area contributed by atoms with E-state index in [-0.39, 0.29) is 11.9 Å². The quantitative estimate of drug-likeness (QED) is 0.570. The molecule has 1 amide bonds. The normalized spacial score (nSPS) is 15.2. The number of rotatable bonds is 7. The van der Waals surface area contributed by atoms with Crippen LogP contribution in [-0.4, -0.2) is 37.8 Å². The Kier molecular flexibility index (Phi) is 7.11. The first-order chi connectivity index (χ1) is 15.9. The van der Waals surface area contributed by atoms with Gasteiger partial charge < -0.3 is 10.1 Å². The lowest BCUT2D eigenvalue weighted by Crippen LogP contribution is -2.46. The van der Waals surface area contributed by atoms with Crippen LogP contribution in [-0.2, 0) is 16.6 Å². The van der Waals surface area contributed by atoms with Crippen molar-refractivity contribution >= 4 is 15.9 Å². The summed E-state index contributed by atoms with van der Waals surface area (Å²) >= 11 is 0. The van der Waals surface area contributed by atoms with Crippen molar-refractivity contribution in [2.45, 2.75) is 37.3 Å². The van der Waals surface area contributed by atoms with Crippen molar-refractivity contribution in [3.05, 3.63) is 95.6 Å². The van der Waals surface area contributed by atoms with Crippen molar-refractivity contribution in [1.29, 1.82) is 0 Å². The fourth-order valence-corrected chi connectivity index (χ4v) is 5.27. The number of hydrogen-bond acceptors (Lipinski definition) is 4. The minimum absolute atomic E-state index is 0.0527. The van der Waals surface area contributed by atoms with Gasteiger partial charge in [-0.3, -0.25) is 4.79 Å². The van der Waals surface area contributed by atoms with Crippen LogP contribution in [0.5, 0.6) is 5.75 Å². The second kappa shape index (κ2) is 10.2. The Morgan fingerprint density at radius 1 is 0.939 bits per heavy atom. The van der Waals surface area contributed by atoms with Crippen molar-refractivity contribution in [3.8, 4) is 5.75 Å². The average Bonchev–Trinajstić information content (AvgIpc) is 2.84. The van der Waals surface area contributed by atoms with Crippen LogP contribution in [0.1, 0.15) is 34.3 Å². The molecule has 6 nitrogen and oxygen atoms in total. The number of para-hydroxylation sites is 1. The molecule has 1 aliphatic rings. The zero-order chi connectivity index (χ0) is 23.3. The minimum Gasteiger partial charge on any atom is -0.489 e. The molecule has 3 aromatic rings. The number of piperidine rings is 1. The van der Waals surface area contributed by atoms with Crippen LogP contribution in [0.4, 0.5) is 0 Å². The maximum absolute atomic E-state index is 12.9. The van der Waals surface area contributed by atoms with Crippen LogP contribution in [0.2, 0.25) is 0 Å². The van der Waals surface area contributed by atoms with Gasteiger partial charge in [-0.2, -0.15) is 4.31 Å². The molecule has 0 aromatic heterocycles. The molecule has 1 N–H and O–H groups in total. The topological polar surface area (TPSA) is 75.7 Å². The van der Waals surface area contributed by atoms with Gasteiger partial charge in [-0.25, -0.2) is 8.42 Å². The molecule has 4 rings (SSSR count). The molecular formula is C26H28N2O4S. The molecule has 1 aliphatic heterocycles. The zero-order valence-corrected chi connectivity index (χ0v) is 19.4. The fourth-order valence-electron chi connectivity index (χ4n) is 3.80. The zero-order valence-electron chi connectivity index (χ0n) is 18.6. The smallest absolute Gasteiger partial charge is 0.251 e. The Morgan fingerprint density at radius 3 is 2.21 bits per heavy atom. The molecule has 3 aromatic carbocycles. The summed E-state index contributed by atoms with van der Waals surface area (Å²) in [5, 5.41) is 3.04. The van der Waals surface area contributed by atoms with E-state index in [4.69, 9.17) is 4.74 Å². The van der Waals surface area contributed by atoms with Crippen LogP contribution in [0, 0.1) is 6.92 Å². The predicted molar refractivity (Wildman–Crippen MR) is 128 cm³/mol. The number of nitrogens with one attached hydrogen (secondary N) is 1. The van der Waals surface area contributed by atoms with E-state index in [0.717, 1.165) is 16.9 Å². The number of nitrogens with zero attached hydrogens (tertiary/aromatic N) is 1. The first-order valence-corrected chi connectivity index (χ1v) is 12.5. The third-order valence-corrected chi connectivity index (χ3v) is 7.73. The van der Waals surface area contributed by atoms with E-state index in [0.29, 0.717) is 43.0 Å². The molecule has 1 heterocycles. The van der Waals surface area contributed by atoms with Crippen LogP contribution in [0.15, 0.2) is 83.8 Å². The van der Waals surface area contributed by atoms with Crippen LogP contribution >= 0.6 is 0 Å². The number of carbonyl (C=O) groups excluding carboxylic acids is 1. The van der Waals surface area contributed by atoms with Crippen LogP contribution in [0.3, 0.4) is 0 Å². The third-order valence-electron chi connectivity index (χ3n) is 5.81. The number of ether oxygens (including phenoxy) is 1. The molecule has 172 valence electrons. The van der Waals surface area contributed by atoms with Crippen molar-refractivity contribution in [2.24, 2.45) is 0 Å². The highest BCUT2D eigenvalue weighted by Crippen LogP contribution is 2.21. The largest absolute Gasteiger partial charge is 0.489 e. The van der Waals surface area contributed by atoms with Crippen molar-refractivity contribution in [1.82, 2.24) is 9.62 Å². The summed E-state index contributed by atoms with van der Waals surface area (Å²) in [4.78, 5) is 13.0. The van der Waals surface area contributed by atoms with Gasteiger partial charge in [0.25, 0.3) is 5.91 Å². The van der Waals surface area contributed by atoms with E-state index in [2.05, 4.69) is 5.32 Å². The fraction of sp³-hybridized carbons (Fsp3) is 0.269. The molecule has 1 fully saturated rings. The maximum atomic E-state index is 12.9. The van der Waals surface area contributed by atoms with E-state index in [1.807, 2.05) is 49.4 Å². The Hall–Kier alpha value is -3.16. The number of aryl methyl sites for hydroxylation is 1. The number of amides is 1. The SMILES string of the molecule is Cc1ccc(S(=O)(=O)N2CCC(NC(=O)c3ccc(COc4ccccc4)cc3)CC2)cc1. The molecule has 0 atom stereocenters. The number of carbonyl (C=O) groups is 1. The highest BCUT2D eigenvalue weighted by molar-refractivity contribution is 7.89. The summed E-state index contributed by atoms with van der Waals surface area (Å²) in [6, 6.07) is 23.8. The molecule has 33 heavy (non-hydrogen) atoms. The molecule has 7 heteroatoms. The van der Waals surface area contributed by atoms with E-state index >= 15 is 0 Å². The summed E-state index contributed by atoms with van der Waals surface area (Å²) in [6.45, 7) is 3.13. The molecule has 0 aliphatic carbocycles. The molecule has 0 radical (unpaired) electrons. The average molecular weight is 465 g/mol. The Morgan fingerprint density at radius 2 is 1.58 bits per heavy atom. The molecule has 1 saturated heterocycles. The second-order valence-corrected chi connectivity index (χ2v) is 10.2. The van der Waals surface area contributed by atoms with E-state index in [1.165, 1.54) is 4.31 Å². The number of benzene rings is 3. The molecule has 0 bridgehead atoms. The molecule has 0 saturated carbocycles. The number of sulfonamides is 1. The summed E-state index contributed by atoms with van der Waals surface area (Å²) in [5.41, 5.74) is 2.57. The van der Waals surface area contributed by atoms with E-state index in [1.54, 1.807) is 36.4 Å². The summed E-state index contributed by atoms with van der Waals surface area (Å²) < 4.78 is 32.9. The first-order valence-electron chi connectivity index (χ1n) is 11.1. The monoisotopic (exact) mass is 464 g/mol. The van der Waals surface area contributed by atoms with Crippen LogP contribution < -0.4 is 10.1 Å². The highest BCUT2D eigenvalue weighted by atomic mass is 32.2. The summed E-state index contributed by atoms with van der Waals surface area (Å²) in [6.07, 6.45) is 1.17. The lowest BCUT2D eigenvalue weighted by molar-refractivity contribution is 0.0923. The summed E-state index contributed by atoms with van der Waals surface area (Å²) in [5.74, 6) is 0.653. The van der Waals surface area contributed by atoms with Gasteiger partial charge in [-0.1, -0.05) is 48.0 Å². The Balaban J connectivity index is 1.28. The van der Waals surface area contributed by atoms with Crippen molar-refractivity contribution in [3.63, 3.8) is 0 Å². The predicted octanol–water partition coefficient (Wildman–Crippen LogP) is 4.16. The van der Waals surface area contributed by atoms with Gasteiger partial charge >= 0.3 is 0 Å². The van der Waals surface area contributed by atoms with Crippen molar-refractivity contribution < 1.29 is 17.9 Å². The summed E-state index contributed by atoms with van der Waals surface area (Å²) in [7, 11) is -3.50. The lowest BCUT2D eigenvalue weighted by atomic mass is 10.1. The van der Waals surface area contributed by atoms with Gasteiger partial charge in [-0.15, -0.1) is 0 Å². The van der Waals surface area contributed by atoms with Crippen LogP contribution in [0.25, 0.3) is 0 Å². The maximum Gasteiger partial charge on any atom is 0.251 e. The lowest BCUT2D eigenvalue weighted by Gasteiger charge is -2.31. The number of hydrogen-bond donors (Lipinski definition) is 1. The van der Waals surface area contributed by atoms with Gasteiger partial charge in [0.05, 0.1) is 4.90 Å². The van der Waals surface area contributed by atoms with E-state index in [9.17, 15) is 13.2 Å². The van der Waals surface area contributed by atoms with Gasteiger partial charge in [0.1, 0.15) is 12.4 Å².